The van der Waals surface area contributed by atoms with Crippen LogP contribution in [0.15, 0.2) is 24.3 Å². The minimum absolute atomic E-state index is 0.106. The highest BCUT2D eigenvalue weighted by Gasteiger charge is 2.35. The van der Waals surface area contributed by atoms with Crippen LogP contribution >= 0.6 is 11.3 Å². The fourth-order valence-electron chi connectivity index (χ4n) is 3.00. The third-order valence-corrected chi connectivity index (χ3v) is 5.14. The van der Waals surface area contributed by atoms with Crippen molar-refractivity contribution in [2.45, 2.75) is 33.6 Å². The molecule has 1 aliphatic rings. The summed E-state index contributed by atoms with van der Waals surface area (Å²) in [6, 6.07) is 6.97. The van der Waals surface area contributed by atoms with Crippen LogP contribution in [0.5, 0.6) is 0 Å². The molecule has 0 saturated carbocycles. The number of hydrogen-bond acceptors (Lipinski definition) is 6. The van der Waals surface area contributed by atoms with E-state index in [2.05, 4.69) is 34.7 Å². The summed E-state index contributed by atoms with van der Waals surface area (Å²) in [7, 11) is 0. The fourth-order valence-corrected chi connectivity index (χ4v) is 3.96. The van der Waals surface area contributed by atoms with Gasteiger partial charge in [-0.3, -0.25) is 14.4 Å². The highest BCUT2D eigenvalue weighted by molar-refractivity contribution is 7.15. The normalized spacial score (nSPS) is 16.5. The van der Waals surface area contributed by atoms with Crippen LogP contribution in [0.2, 0.25) is 0 Å². The largest absolute Gasteiger partial charge is 0.326 e. The molecule has 28 heavy (non-hydrogen) atoms. The molecule has 0 spiro atoms. The number of amides is 3. The van der Waals surface area contributed by atoms with Crippen molar-refractivity contribution in [1.82, 2.24) is 10.2 Å². The molecule has 1 aromatic carbocycles. The first-order chi connectivity index (χ1) is 13.3. The van der Waals surface area contributed by atoms with Gasteiger partial charge in [0, 0.05) is 37.7 Å². The number of anilines is 3. The molecular formula is C19H23N5O3S. The first-order valence-corrected chi connectivity index (χ1v) is 9.94. The zero-order chi connectivity index (χ0) is 20.3. The molecule has 1 fully saturated rings. The lowest BCUT2D eigenvalue weighted by molar-refractivity contribution is -0.122. The van der Waals surface area contributed by atoms with Gasteiger partial charge in [0.1, 0.15) is 5.01 Å². The minimum Gasteiger partial charge on any atom is -0.326 e. The Hall–Kier alpha value is -2.81. The molecule has 1 saturated heterocycles. The number of benzene rings is 1. The second kappa shape index (κ2) is 8.47. The molecule has 148 valence electrons. The quantitative estimate of drug-likeness (QED) is 0.774. The Morgan fingerprint density at radius 3 is 2.57 bits per heavy atom. The van der Waals surface area contributed by atoms with Crippen molar-refractivity contribution in [2.75, 3.05) is 22.1 Å². The lowest BCUT2D eigenvalue weighted by Gasteiger charge is -2.17. The molecule has 2 aromatic rings. The van der Waals surface area contributed by atoms with Gasteiger partial charge in [-0.05, 0) is 30.2 Å². The summed E-state index contributed by atoms with van der Waals surface area (Å²) < 4.78 is 0. The molecule has 0 aliphatic carbocycles. The van der Waals surface area contributed by atoms with E-state index in [4.69, 9.17) is 0 Å². The van der Waals surface area contributed by atoms with Gasteiger partial charge in [-0.25, -0.2) is 0 Å². The Morgan fingerprint density at radius 1 is 1.21 bits per heavy atom. The van der Waals surface area contributed by atoms with Gasteiger partial charge < -0.3 is 15.5 Å². The number of nitrogens with zero attached hydrogens (tertiary/aromatic N) is 3. The topological polar surface area (TPSA) is 104 Å². The Labute approximate surface area is 167 Å². The molecule has 1 unspecified atom stereocenters. The van der Waals surface area contributed by atoms with Crippen LogP contribution < -0.4 is 15.5 Å². The van der Waals surface area contributed by atoms with E-state index in [1.807, 2.05) is 0 Å². The van der Waals surface area contributed by atoms with Gasteiger partial charge in [0.25, 0.3) is 0 Å². The average molecular weight is 401 g/mol. The zero-order valence-corrected chi connectivity index (χ0v) is 16.9. The van der Waals surface area contributed by atoms with Crippen LogP contribution in [0.3, 0.4) is 0 Å². The summed E-state index contributed by atoms with van der Waals surface area (Å²) in [5.74, 6) is -0.465. The van der Waals surface area contributed by atoms with E-state index >= 15 is 0 Å². The van der Waals surface area contributed by atoms with Crippen molar-refractivity contribution in [3.8, 4) is 0 Å². The van der Waals surface area contributed by atoms with Crippen LogP contribution in [0.25, 0.3) is 0 Å². The summed E-state index contributed by atoms with van der Waals surface area (Å²) in [6.07, 6.45) is 0.967. The van der Waals surface area contributed by atoms with E-state index in [1.165, 1.54) is 18.3 Å². The number of rotatable bonds is 6. The van der Waals surface area contributed by atoms with Crippen molar-refractivity contribution in [1.29, 1.82) is 0 Å². The Balaban J connectivity index is 1.61. The molecule has 1 aliphatic heterocycles. The Bertz CT molecular complexity index is 878. The number of aromatic nitrogens is 2. The molecule has 1 atom stereocenters. The van der Waals surface area contributed by atoms with Crippen molar-refractivity contribution in [3.05, 3.63) is 29.3 Å². The van der Waals surface area contributed by atoms with Gasteiger partial charge in [-0.1, -0.05) is 25.2 Å². The number of hydrogen-bond donors (Lipinski definition) is 2. The number of carbonyl (C=O) groups excluding carboxylic acids is 3. The first kappa shape index (κ1) is 19.9. The molecule has 8 nitrogen and oxygen atoms in total. The summed E-state index contributed by atoms with van der Waals surface area (Å²) in [5, 5.41) is 14.9. The first-order valence-electron chi connectivity index (χ1n) is 9.13. The molecule has 2 N–H and O–H groups in total. The summed E-state index contributed by atoms with van der Waals surface area (Å²) in [5.41, 5.74) is 1.36. The van der Waals surface area contributed by atoms with E-state index in [1.54, 1.807) is 29.2 Å². The second-order valence-corrected chi connectivity index (χ2v) is 8.28. The summed E-state index contributed by atoms with van der Waals surface area (Å²) >= 11 is 1.37. The van der Waals surface area contributed by atoms with E-state index < -0.39 is 5.92 Å². The highest BCUT2D eigenvalue weighted by Crippen LogP contribution is 2.27. The average Bonchev–Trinajstić information content (AvgIpc) is 3.21. The maximum atomic E-state index is 12.5. The van der Waals surface area contributed by atoms with Gasteiger partial charge >= 0.3 is 0 Å². The summed E-state index contributed by atoms with van der Waals surface area (Å²) in [4.78, 5) is 37.6. The second-order valence-electron chi connectivity index (χ2n) is 7.22. The van der Waals surface area contributed by atoms with Crippen LogP contribution in [-0.2, 0) is 20.8 Å². The van der Waals surface area contributed by atoms with Crippen molar-refractivity contribution < 1.29 is 14.4 Å². The molecule has 3 amide bonds. The smallest absolute Gasteiger partial charge is 0.231 e. The van der Waals surface area contributed by atoms with Crippen LogP contribution in [0, 0.1) is 11.8 Å². The van der Waals surface area contributed by atoms with Gasteiger partial charge in [0.15, 0.2) is 0 Å². The predicted octanol–water partition coefficient (Wildman–Crippen LogP) is 2.69. The van der Waals surface area contributed by atoms with E-state index in [-0.39, 0.29) is 24.1 Å². The fraction of sp³-hybridized carbons (Fsp3) is 0.421. The van der Waals surface area contributed by atoms with E-state index in [0.29, 0.717) is 29.0 Å². The number of carbonyl (C=O) groups is 3. The SMILES string of the molecule is CC(=O)Nc1ccc(N2CC(C(=O)Nc3nnc(CC(C)C)s3)CC2=O)cc1. The molecular weight excluding hydrogens is 378 g/mol. The highest BCUT2D eigenvalue weighted by atomic mass is 32.1. The summed E-state index contributed by atoms with van der Waals surface area (Å²) in [6.45, 7) is 5.94. The maximum absolute atomic E-state index is 12.5. The Kier molecular flexibility index (Phi) is 6.03. The maximum Gasteiger partial charge on any atom is 0.231 e. The van der Waals surface area contributed by atoms with Crippen LogP contribution in [0.1, 0.15) is 32.2 Å². The van der Waals surface area contributed by atoms with Crippen molar-refractivity contribution >= 4 is 45.6 Å². The number of nitrogens with one attached hydrogen (secondary N) is 2. The standard InChI is InChI=1S/C19H23N5O3S/c1-11(2)8-16-22-23-19(28-16)21-18(27)13-9-17(26)24(10-13)15-6-4-14(5-7-15)20-12(3)25/h4-7,11,13H,8-10H2,1-3H3,(H,20,25)(H,21,23,27). The van der Waals surface area contributed by atoms with E-state index in [0.717, 1.165) is 11.4 Å². The Morgan fingerprint density at radius 2 is 1.93 bits per heavy atom. The van der Waals surface area contributed by atoms with E-state index in [9.17, 15) is 14.4 Å². The van der Waals surface area contributed by atoms with Crippen LogP contribution in [-0.4, -0.2) is 34.5 Å². The molecule has 1 aromatic heterocycles. The molecule has 0 radical (unpaired) electrons. The third kappa shape index (κ3) is 4.92. The lowest BCUT2D eigenvalue weighted by atomic mass is 10.1. The minimum atomic E-state index is -0.444. The van der Waals surface area contributed by atoms with Crippen LogP contribution in [0.4, 0.5) is 16.5 Å². The third-order valence-electron chi connectivity index (χ3n) is 4.28. The van der Waals surface area contributed by atoms with Crippen molar-refractivity contribution in [2.24, 2.45) is 11.8 Å². The lowest BCUT2D eigenvalue weighted by Crippen LogP contribution is -2.28. The molecule has 0 bridgehead atoms. The van der Waals surface area contributed by atoms with Gasteiger partial charge in [-0.15, -0.1) is 10.2 Å². The van der Waals surface area contributed by atoms with Gasteiger partial charge in [-0.2, -0.15) is 0 Å². The molecule has 3 rings (SSSR count). The zero-order valence-electron chi connectivity index (χ0n) is 16.1. The predicted molar refractivity (Wildman–Crippen MR) is 108 cm³/mol. The van der Waals surface area contributed by atoms with Gasteiger partial charge in [0.05, 0.1) is 5.92 Å². The molecule has 2 heterocycles. The monoisotopic (exact) mass is 401 g/mol. The molecule has 9 heteroatoms. The van der Waals surface area contributed by atoms with Gasteiger partial charge in [0.2, 0.25) is 22.9 Å². The van der Waals surface area contributed by atoms with Crippen molar-refractivity contribution in [3.63, 3.8) is 0 Å².